The lowest BCUT2D eigenvalue weighted by Gasteiger charge is -2.06. The van der Waals surface area contributed by atoms with Crippen LogP contribution in [0.1, 0.15) is 11.3 Å². The molecule has 0 atom stereocenters. The number of fused-ring (bicyclic) bond motifs is 1. The molecular formula is C13H12N2OS2. The van der Waals surface area contributed by atoms with E-state index in [2.05, 4.69) is 9.97 Å². The van der Waals surface area contributed by atoms with Crippen molar-refractivity contribution >= 4 is 24.0 Å². The maximum Gasteiger partial charge on any atom is 0.139 e. The number of ether oxygens (including phenoxy) is 1. The molecule has 1 aliphatic heterocycles. The molecule has 1 N–H and O–H groups in total. The third kappa shape index (κ3) is 2.04. The van der Waals surface area contributed by atoms with E-state index in [1.165, 1.54) is 11.3 Å². The minimum absolute atomic E-state index is 0.722. The number of nitrogens with one attached hydrogen (secondary N) is 1. The quantitative estimate of drug-likeness (QED) is 0.851. The van der Waals surface area contributed by atoms with Gasteiger partial charge in [-0.05, 0) is 24.3 Å². The van der Waals surface area contributed by atoms with Crippen molar-refractivity contribution < 1.29 is 4.74 Å². The summed E-state index contributed by atoms with van der Waals surface area (Å²) >= 11 is 7.21. The maximum absolute atomic E-state index is 5.35. The van der Waals surface area contributed by atoms with Crippen molar-refractivity contribution in [3.8, 4) is 17.1 Å². The van der Waals surface area contributed by atoms with Crippen LogP contribution in [0.25, 0.3) is 11.4 Å². The van der Waals surface area contributed by atoms with Gasteiger partial charge in [0, 0.05) is 28.3 Å². The van der Waals surface area contributed by atoms with Crippen molar-refractivity contribution in [2.24, 2.45) is 0 Å². The van der Waals surface area contributed by atoms with Gasteiger partial charge < -0.3 is 9.72 Å². The Balaban J connectivity index is 2.06. The number of rotatable bonds is 2. The van der Waals surface area contributed by atoms with Gasteiger partial charge in [0.05, 0.1) is 7.11 Å². The van der Waals surface area contributed by atoms with Crippen LogP contribution in [0.2, 0.25) is 0 Å². The van der Waals surface area contributed by atoms with E-state index in [0.29, 0.717) is 0 Å². The Kier molecular flexibility index (Phi) is 3.09. The predicted molar refractivity (Wildman–Crippen MR) is 76.4 cm³/mol. The van der Waals surface area contributed by atoms with E-state index in [-0.39, 0.29) is 0 Å². The number of hydrogen-bond acceptors (Lipinski definition) is 4. The van der Waals surface area contributed by atoms with E-state index in [1.54, 1.807) is 7.11 Å². The molecule has 0 saturated carbocycles. The number of nitrogens with zero attached hydrogens (tertiary/aromatic N) is 1. The minimum Gasteiger partial charge on any atom is -0.497 e. The van der Waals surface area contributed by atoms with Crippen LogP contribution in [0.5, 0.6) is 5.75 Å². The van der Waals surface area contributed by atoms with Crippen molar-refractivity contribution in [3.63, 3.8) is 0 Å². The van der Waals surface area contributed by atoms with Gasteiger partial charge in [0.1, 0.15) is 16.2 Å². The first-order valence-electron chi connectivity index (χ1n) is 5.62. The highest BCUT2D eigenvalue weighted by Gasteiger charge is 2.15. The maximum atomic E-state index is 5.35. The monoisotopic (exact) mass is 276 g/mol. The van der Waals surface area contributed by atoms with Gasteiger partial charge in [-0.1, -0.05) is 12.2 Å². The lowest BCUT2D eigenvalue weighted by atomic mass is 10.2. The molecule has 1 aliphatic rings. The molecule has 1 aromatic carbocycles. The highest BCUT2D eigenvalue weighted by molar-refractivity contribution is 7.98. The zero-order chi connectivity index (χ0) is 12.5. The third-order valence-electron chi connectivity index (χ3n) is 2.96. The molecule has 0 amide bonds. The van der Waals surface area contributed by atoms with Crippen LogP contribution in [0.4, 0.5) is 0 Å². The van der Waals surface area contributed by atoms with E-state index in [4.69, 9.17) is 17.0 Å². The molecule has 3 nitrogen and oxygen atoms in total. The van der Waals surface area contributed by atoms with Gasteiger partial charge in [-0.15, -0.1) is 0 Å². The second-order valence-corrected chi connectivity index (χ2v) is 5.44. The Labute approximate surface area is 115 Å². The SMILES string of the molecule is COc1ccc(-c2nc(=S)c3c([nH]2)CSC3)cc1. The molecule has 0 unspecified atom stereocenters. The average molecular weight is 276 g/mol. The molecule has 2 heterocycles. The number of methoxy groups -OCH3 is 1. The highest BCUT2D eigenvalue weighted by Crippen LogP contribution is 2.30. The first-order valence-corrected chi connectivity index (χ1v) is 7.18. The predicted octanol–water partition coefficient (Wildman–Crippen LogP) is 3.56. The molecule has 18 heavy (non-hydrogen) atoms. The lowest BCUT2D eigenvalue weighted by molar-refractivity contribution is 0.415. The molecule has 0 aliphatic carbocycles. The van der Waals surface area contributed by atoms with Crippen molar-refractivity contribution in [3.05, 3.63) is 40.2 Å². The zero-order valence-electron chi connectivity index (χ0n) is 9.90. The van der Waals surface area contributed by atoms with Crippen LogP contribution in [0.3, 0.4) is 0 Å². The fourth-order valence-electron chi connectivity index (χ4n) is 1.96. The van der Waals surface area contributed by atoms with Crippen LogP contribution >= 0.6 is 24.0 Å². The van der Waals surface area contributed by atoms with E-state index in [0.717, 1.165) is 33.3 Å². The number of aromatic amines is 1. The molecule has 0 spiro atoms. The van der Waals surface area contributed by atoms with Gasteiger partial charge in [0.2, 0.25) is 0 Å². The molecule has 3 rings (SSSR count). The van der Waals surface area contributed by atoms with Crippen molar-refractivity contribution in [2.75, 3.05) is 7.11 Å². The van der Waals surface area contributed by atoms with Crippen molar-refractivity contribution in [2.45, 2.75) is 11.5 Å². The normalized spacial score (nSPS) is 13.4. The van der Waals surface area contributed by atoms with Gasteiger partial charge in [-0.2, -0.15) is 11.8 Å². The first kappa shape index (κ1) is 11.7. The van der Waals surface area contributed by atoms with Crippen LogP contribution < -0.4 is 4.74 Å². The number of thioether (sulfide) groups is 1. The summed E-state index contributed by atoms with van der Waals surface area (Å²) in [4.78, 5) is 7.86. The molecule has 0 fully saturated rings. The molecule has 92 valence electrons. The minimum atomic E-state index is 0.722. The Hall–Kier alpha value is -1.33. The molecule has 2 aromatic rings. The Morgan fingerprint density at radius 3 is 2.78 bits per heavy atom. The summed E-state index contributed by atoms with van der Waals surface area (Å²) in [7, 11) is 1.66. The molecule has 0 bridgehead atoms. The lowest BCUT2D eigenvalue weighted by Crippen LogP contribution is -1.97. The van der Waals surface area contributed by atoms with E-state index in [1.807, 2.05) is 36.0 Å². The van der Waals surface area contributed by atoms with Gasteiger partial charge in [0.15, 0.2) is 0 Å². The number of hydrogen-bond donors (Lipinski definition) is 1. The summed E-state index contributed by atoms with van der Waals surface area (Å²) in [6.45, 7) is 0. The van der Waals surface area contributed by atoms with Crippen molar-refractivity contribution in [1.82, 2.24) is 9.97 Å². The summed E-state index contributed by atoms with van der Waals surface area (Å²) in [6.07, 6.45) is 0. The zero-order valence-corrected chi connectivity index (χ0v) is 11.5. The fraction of sp³-hybridized carbons (Fsp3) is 0.231. The van der Waals surface area contributed by atoms with Gasteiger partial charge >= 0.3 is 0 Å². The summed E-state index contributed by atoms with van der Waals surface area (Å²) in [6, 6.07) is 7.83. The fourth-order valence-corrected chi connectivity index (χ4v) is 3.40. The third-order valence-corrected chi connectivity index (χ3v) is 4.28. The Morgan fingerprint density at radius 1 is 1.28 bits per heavy atom. The van der Waals surface area contributed by atoms with Crippen molar-refractivity contribution in [1.29, 1.82) is 0 Å². The molecule has 0 radical (unpaired) electrons. The van der Waals surface area contributed by atoms with E-state index < -0.39 is 0 Å². The summed E-state index contributed by atoms with van der Waals surface area (Å²) in [5.74, 6) is 3.64. The highest BCUT2D eigenvalue weighted by atomic mass is 32.2. The summed E-state index contributed by atoms with van der Waals surface area (Å²) in [5, 5.41) is 0. The average Bonchev–Trinajstić information content (AvgIpc) is 2.88. The number of H-pyrrole nitrogens is 1. The van der Waals surface area contributed by atoms with E-state index in [9.17, 15) is 0 Å². The molecule has 1 aromatic heterocycles. The van der Waals surface area contributed by atoms with Gasteiger partial charge in [-0.25, -0.2) is 4.98 Å². The second kappa shape index (κ2) is 4.74. The Bertz CT molecular complexity index is 634. The van der Waals surface area contributed by atoms with E-state index >= 15 is 0 Å². The van der Waals surface area contributed by atoms with Crippen LogP contribution in [-0.4, -0.2) is 17.1 Å². The van der Waals surface area contributed by atoms with Crippen LogP contribution in [-0.2, 0) is 11.5 Å². The summed E-state index contributed by atoms with van der Waals surface area (Å²) in [5.41, 5.74) is 3.43. The second-order valence-electron chi connectivity index (χ2n) is 4.07. The largest absolute Gasteiger partial charge is 0.497 e. The summed E-state index contributed by atoms with van der Waals surface area (Å²) < 4.78 is 5.87. The van der Waals surface area contributed by atoms with Gasteiger partial charge in [0.25, 0.3) is 0 Å². The smallest absolute Gasteiger partial charge is 0.139 e. The molecule has 5 heteroatoms. The van der Waals surface area contributed by atoms with Crippen LogP contribution in [0.15, 0.2) is 24.3 Å². The Morgan fingerprint density at radius 2 is 2.06 bits per heavy atom. The molecular weight excluding hydrogens is 264 g/mol. The number of benzene rings is 1. The number of aromatic nitrogens is 2. The van der Waals surface area contributed by atoms with Crippen LogP contribution in [0, 0.1) is 4.64 Å². The topological polar surface area (TPSA) is 37.9 Å². The van der Waals surface area contributed by atoms with Gasteiger partial charge in [-0.3, -0.25) is 0 Å². The molecule has 0 saturated heterocycles. The standard InChI is InChI=1S/C13H12N2OS2/c1-16-9-4-2-8(3-5-9)12-14-11-7-18-6-10(11)13(17)15-12/h2-5H,6-7H2,1H3,(H,14,15,17). The first-order chi connectivity index (χ1) is 8.78.